The molecule has 1 fully saturated rings. The van der Waals surface area contributed by atoms with Crippen LogP contribution in [0.5, 0.6) is 5.75 Å². The molecule has 8 heteroatoms. The maximum absolute atomic E-state index is 12.4. The first-order valence-electron chi connectivity index (χ1n) is 10.1. The van der Waals surface area contributed by atoms with Crippen LogP contribution in [0.3, 0.4) is 0 Å². The van der Waals surface area contributed by atoms with Gasteiger partial charge in [0.1, 0.15) is 0 Å². The van der Waals surface area contributed by atoms with Crippen molar-refractivity contribution in [1.29, 1.82) is 0 Å². The number of amides is 1. The SMILES string of the molecule is CSc1nc(C)c(CCC(=O)Nc2ncccc2OCC2CCCCC2)c(=O)[nH]1. The molecule has 1 aliphatic rings. The number of aromatic nitrogens is 3. The van der Waals surface area contributed by atoms with Crippen molar-refractivity contribution in [2.24, 2.45) is 5.92 Å². The zero-order chi connectivity index (χ0) is 20.6. The van der Waals surface area contributed by atoms with Crippen LogP contribution in [0.15, 0.2) is 28.3 Å². The molecule has 2 N–H and O–H groups in total. The van der Waals surface area contributed by atoms with Gasteiger partial charge < -0.3 is 15.0 Å². The number of aromatic amines is 1. The Hall–Kier alpha value is -2.35. The number of nitrogens with zero attached hydrogens (tertiary/aromatic N) is 2. The molecule has 0 bridgehead atoms. The number of rotatable bonds is 8. The highest BCUT2D eigenvalue weighted by Crippen LogP contribution is 2.27. The minimum absolute atomic E-state index is 0.169. The molecule has 0 unspecified atom stereocenters. The lowest BCUT2D eigenvalue weighted by molar-refractivity contribution is -0.116. The van der Waals surface area contributed by atoms with E-state index in [4.69, 9.17) is 4.74 Å². The molecular weight excluding hydrogens is 388 g/mol. The van der Waals surface area contributed by atoms with E-state index in [0.29, 0.717) is 46.9 Å². The fourth-order valence-corrected chi connectivity index (χ4v) is 3.99. The Bertz CT molecular complexity index is 894. The second kappa shape index (κ2) is 10.4. The van der Waals surface area contributed by atoms with Crippen molar-refractivity contribution >= 4 is 23.5 Å². The number of thioether (sulfide) groups is 1. The standard InChI is InChI=1S/C21H28N4O3S/c1-14-16(20(27)25-21(23-14)29-2)10-11-18(26)24-19-17(9-6-12-22-19)28-13-15-7-4-3-5-8-15/h6,9,12,15H,3-5,7-8,10-11,13H2,1-2H3,(H,22,24,26)(H,23,25,27). The van der Waals surface area contributed by atoms with Gasteiger partial charge >= 0.3 is 0 Å². The quantitative estimate of drug-likeness (QED) is 0.503. The number of anilines is 1. The molecule has 3 rings (SSSR count). The zero-order valence-corrected chi connectivity index (χ0v) is 17.8. The van der Waals surface area contributed by atoms with Crippen LogP contribution in [0.1, 0.15) is 49.8 Å². The Balaban J connectivity index is 1.57. The van der Waals surface area contributed by atoms with E-state index in [-0.39, 0.29) is 17.9 Å². The maximum atomic E-state index is 12.4. The van der Waals surface area contributed by atoms with Crippen molar-refractivity contribution in [2.75, 3.05) is 18.2 Å². The summed E-state index contributed by atoms with van der Waals surface area (Å²) in [6.07, 6.45) is 10.2. The van der Waals surface area contributed by atoms with Crippen molar-refractivity contribution in [3.63, 3.8) is 0 Å². The summed E-state index contributed by atoms with van der Waals surface area (Å²) in [5.41, 5.74) is 0.997. The number of pyridine rings is 1. The van der Waals surface area contributed by atoms with Gasteiger partial charge in [-0.15, -0.1) is 0 Å². The first-order chi connectivity index (χ1) is 14.1. The number of hydrogen-bond acceptors (Lipinski definition) is 6. The van der Waals surface area contributed by atoms with Crippen LogP contribution >= 0.6 is 11.8 Å². The fraction of sp³-hybridized carbons (Fsp3) is 0.524. The molecule has 0 radical (unpaired) electrons. The predicted molar refractivity (Wildman–Crippen MR) is 115 cm³/mol. The Morgan fingerprint density at radius 1 is 1.34 bits per heavy atom. The van der Waals surface area contributed by atoms with Gasteiger partial charge in [-0.25, -0.2) is 9.97 Å². The van der Waals surface area contributed by atoms with Gasteiger partial charge in [0.2, 0.25) is 5.91 Å². The third-order valence-corrected chi connectivity index (χ3v) is 5.80. The number of aryl methyl sites for hydroxylation is 1. The maximum Gasteiger partial charge on any atom is 0.254 e. The van der Waals surface area contributed by atoms with Crippen LogP contribution in [0, 0.1) is 12.8 Å². The first kappa shape index (κ1) is 21.4. The van der Waals surface area contributed by atoms with Gasteiger partial charge in [0.15, 0.2) is 16.7 Å². The lowest BCUT2D eigenvalue weighted by Gasteiger charge is -2.22. The van der Waals surface area contributed by atoms with E-state index in [1.807, 2.05) is 12.3 Å². The molecule has 2 aromatic rings. The number of nitrogens with one attached hydrogen (secondary N) is 2. The Morgan fingerprint density at radius 3 is 2.86 bits per heavy atom. The third-order valence-electron chi connectivity index (χ3n) is 5.22. The van der Waals surface area contributed by atoms with Crippen LogP contribution in [-0.2, 0) is 11.2 Å². The molecule has 156 valence electrons. The van der Waals surface area contributed by atoms with Crippen LogP contribution in [0.4, 0.5) is 5.82 Å². The van der Waals surface area contributed by atoms with Gasteiger partial charge in [0, 0.05) is 23.9 Å². The van der Waals surface area contributed by atoms with E-state index in [9.17, 15) is 9.59 Å². The van der Waals surface area contributed by atoms with Crippen molar-refractivity contribution < 1.29 is 9.53 Å². The molecule has 2 heterocycles. The van der Waals surface area contributed by atoms with Gasteiger partial charge in [-0.3, -0.25) is 9.59 Å². The molecule has 1 amide bonds. The first-order valence-corrected chi connectivity index (χ1v) is 11.3. The molecule has 0 aliphatic heterocycles. The summed E-state index contributed by atoms with van der Waals surface area (Å²) in [4.78, 5) is 36.0. The third kappa shape index (κ3) is 6.06. The molecule has 0 aromatic carbocycles. The van der Waals surface area contributed by atoms with Crippen LogP contribution in [-0.4, -0.2) is 33.7 Å². The number of hydrogen-bond donors (Lipinski definition) is 2. The van der Waals surface area contributed by atoms with E-state index < -0.39 is 0 Å². The second-order valence-corrected chi connectivity index (χ2v) is 8.15. The van der Waals surface area contributed by atoms with Crippen LogP contribution < -0.4 is 15.6 Å². The van der Waals surface area contributed by atoms with Crippen molar-refractivity contribution in [2.45, 2.75) is 57.0 Å². The number of H-pyrrole nitrogens is 1. The van der Waals surface area contributed by atoms with E-state index in [1.165, 1.54) is 43.9 Å². The summed E-state index contributed by atoms with van der Waals surface area (Å²) in [6.45, 7) is 2.44. The molecule has 7 nitrogen and oxygen atoms in total. The Kier molecular flexibility index (Phi) is 7.69. The summed E-state index contributed by atoms with van der Waals surface area (Å²) in [5, 5.41) is 3.40. The molecular formula is C21H28N4O3S. The minimum atomic E-state index is -0.209. The highest BCUT2D eigenvalue weighted by atomic mass is 32.2. The number of carbonyl (C=O) groups is 1. The number of carbonyl (C=O) groups excluding carboxylic acids is 1. The Morgan fingerprint density at radius 2 is 2.14 bits per heavy atom. The summed E-state index contributed by atoms with van der Waals surface area (Å²) in [7, 11) is 0. The van der Waals surface area contributed by atoms with Crippen molar-refractivity contribution in [3.8, 4) is 5.75 Å². The van der Waals surface area contributed by atoms with E-state index in [2.05, 4.69) is 20.3 Å². The summed E-state index contributed by atoms with van der Waals surface area (Å²) >= 11 is 1.38. The van der Waals surface area contributed by atoms with Gasteiger partial charge in [-0.05, 0) is 50.5 Å². The van der Waals surface area contributed by atoms with Gasteiger partial charge in [-0.1, -0.05) is 31.0 Å². The second-order valence-electron chi connectivity index (χ2n) is 7.35. The predicted octanol–water partition coefficient (Wildman–Crippen LogP) is 3.73. The summed E-state index contributed by atoms with van der Waals surface area (Å²) in [5.74, 6) is 1.37. The zero-order valence-electron chi connectivity index (χ0n) is 17.0. The molecule has 1 saturated carbocycles. The smallest absolute Gasteiger partial charge is 0.254 e. The largest absolute Gasteiger partial charge is 0.489 e. The minimum Gasteiger partial charge on any atom is -0.489 e. The van der Waals surface area contributed by atoms with Crippen molar-refractivity contribution in [3.05, 3.63) is 39.9 Å². The van der Waals surface area contributed by atoms with E-state index in [1.54, 1.807) is 19.2 Å². The fourth-order valence-electron chi connectivity index (χ4n) is 3.57. The highest BCUT2D eigenvalue weighted by molar-refractivity contribution is 7.98. The molecule has 0 atom stereocenters. The monoisotopic (exact) mass is 416 g/mol. The topological polar surface area (TPSA) is 97.0 Å². The highest BCUT2D eigenvalue weighted by Gasteiger charge is 2.16. The molecule has 0 saturated heterocycles. The van der Waals surface area contributed by atoms with Gasteiger partial charge in [-0.2, -0.15) is 0 Å². The normalized spacial score (nSPS) is 14.6. The lowest BCUT2D eigenvalue weighted by Crippen LogP contribution is -2.21. The van der Waals surface area contributed by atoms with Crippen molar-refractivity contribution in [1.82, 2.24) is 15.0 Å². The average Bonchev–Trinajstić information content (AvgIpc) is 2.73. The molecule has 29 heavy (non-hydrogen) atoms. The van der Waals surface area contributed by atoms with Crippen LogP contribution in [0.25, 0.3) is 0 Å². The molecule has 2 aromatic heterocycles. The average molecular weight is 417 g/mol. The van der Waals surface area contributed by atoms with E-state index in [0.717, 1.165) is 0 Å². The van der Waals surface area contributed by atoms with Gasteiger partial charge in [0.25, 0.3) is 5.56 Å². The molecule has 0 spiro atoms. The summed E-state index contributed by atoms with van der Waals surface area (Å²) in [6, 6.07) is 3.62. The summed E-state index contributed by atoms with van der Waals surface area (Å²) < 4.78 is 5.96. The van der Waals surface area contributed by atoms with E-state index >= 15 is 0 Å². The van der Waals surface area contributed by atoms with Crippen LogP contribution in [0.2, 0.25) is 0 Å². The lowest BCUT2D eigenvalue weighted by atomic mass is 9.90. The molecule has 1 aliphatic carbocycles. The number of ether oxygens (including phenoxy) is 1. The Labute approximate surface area is 175 Å². The van der Waals surface area contributed by atoms with Gasteiger partial charge in [0.05, 0.1) is 6.61 Å².